The van der Waals surface area contributed by atoms with Gasteiger partial charge in [0, 0.05) is 11.6 Å². The Hall–Kier alpha value is -2.31. The SMILES string of the molecule is O=C(OCCOc1ccnc2ccccc12)C1(C(F)(F)F)CC1. The molecule has 0 saturated heterocycles. The van der Waals surface area contributed by atoms with E-state index in [1.165, 1.54) is 0 Å². The van der Waals surface area contributed by atoms with E-state index in [4.69, 9.17) is 9.47 Å². The molecule has 0 bridgehead atoms. The number of hydrogen-bond donors (Lipinski definition) is 0. The second-order valence-electron chi connectivity index (χ2n) is 5.39. The molecule has 23 heavy (non-hydrogen) atoms. The molecule has 0 amide bonds. The number of benzene rings is 1. The molecule has 7 heteroatoms. The Morgan fingerprint density at radius 3 is 2.61 bits per heavy atom. The molecule has 1 saturated carbocycles. The van der Waals surface area contributed by atoms with Crippen molar-refractivity contribution in [1.29, 1.82) is 0 Å². The third-order valence-corrected chi connectivity index (χ3v) is 3.87. The van der Waals surface area contributed by atoms with E-state index in [1.807, 2.05) is 24.3 Å². The van der Waals surface area contributed by atoms with Gasteiger partial charge in [0.15, 0.2) is 5.41 Å². The average Bonchev–Trinajstić information content (AvgIpc) is 3.33. The minimum absolute atomic E-state index is 0.0202. The molecule has 3 rings (SSSR count). The summed E-state index contributed by atoms with van der Waals surface area (Å²) in [7, 11) is 0. The number of rotatable bonds is 5. The Labute approximate surface area is 130 Å². The smallest absolute Gasteiger partial charge is 0.404 e. The third kappa shape index (κ3) is 2.95. The summed E-state index contributed by atoms with van der Waals surface area (Å²) in [6.45, 7) is -0.249. The van der Waals surface area contributed by atoms with E-state index in [9.17, 15) is 18.0 Å². The summed E-state index contributed by atoms with van der Waals surface area (Å²) in [6.07, 6.45) is -3.38. The summed E-state index contributed by atoms with van der Waals surface area (Å²) in [5.41, 5.74) is -1.55. The molecule has 0 aliphatic heterocycles. The highest BCUT2D eigenvalue weighted by atomic mass is 19.4. The minimum atomic E-state index is -4.55. The average molecular weight is 325 g/mol. The van der Waals surface area contributed by atoms with Crippen LogP contribution in [0.15, 0.2) is 36.5 Å². The van der Waals surface area contributed by atoms with Gasteiger partial charge in [-0.25, -0.2) is 0 Å². The molecule has 2 aromatic rings. The van der Waals surface area contributed by atoms with Crippen molar-refractivity contribution in [2.45, 2.75) is 19.0 Å². The fraction of sp³-hybridized carbons (Fsp3) is 0.375. The molecule has 0 N–H and O–H groups in total. The van der Waals surface area contributed by atoms with Gasteiger partial charge in [-0.1, -0.05) is 12.1 Å². The molecule has 1 heterocycles. The van der Waals surface area contributed by atoms with Crippen LogP contribution >= 0.6 is 0 Å². The Balaban J connectivity index is 1.55. The molecule has 122 valence electrons. The Kier molecular flexibility index (Phi) is 3.87. The Morgan fingerprint density at radius 2 is 1.91 bits per heavy atom. The Bertz CT molecular complexity index is 721. The molecule has 0 atom stereocenters. The van der Waals surface area contributed by atoms with Crippen LogP contribution in [-0.4, -0.2) is 30.3 Å². The van der Waals surface area contributed by atoms with Crippen molar-refractivity contribution >= 4 is 16.9 Å². The van der Waals surface area contributed by atoms with E-state index in [0.717, 1.165) is 10.9 Å². The van der Waals surface area contributed by atoms with Crippen LogP contribution < -0.4 is 4.74 Å². The second kappa shape index (κ2) is 5.72. The highest BCUT2D eigenvalue weighted by molar-refractivity contribution is 5.84. The maximum Gasteiger partial charge on any atom is 0.404 e. The van der Waals surface area contributed by atoms with Gasteiger partial charge in [-0.15, -0.1) is 0 Å². The number of carbonyl (C=O) groups is 1. The lowest BCUT2D eigenvalue weighted by molar-refractivity contribution is -0.207. The quantitative estimate of drug-likeness (QED) is 0.623. The van der Waals surface area contributed by atoms with Gasteiger partial charge in [-0.2, -0.15) is 13.2 Å². The third-order valence-electron chi connectivity index (χ3n) is 3.87. The molecule has 1 aromatic carbocycles. The van der Waals surface area contributed by atoms with Gasteiger partial charge >= 0.3 is 12.1 Å². The molecular weight excluding hydrogens is 311 g/mol. The minimum Gasteiger partial charge on any atom is -0.489 e. The van der Waals surface area contributed by atoms with E-state index in [1.54, 1.807) is 12.3 Å². The highest BCUT2D eigenvalue weighted by Crippen LogP contribution is 2.58. The van der Waals surface area contributed by atoms with Crippen molar-refractivity contribution in [3.63, 3.8) is 0 Å². The summed E-state index contributed by atoms with van der Waals surface area (Å²) >= 11 is 0. The molecule has 1 aliphatic carbocycles. The monoisotopic (exact) mass is 325 g/mol. The van der Waals surface area contributed by atoms with E-state index < -0.39 is 17.6 Å². The summed E-state index contributed by atoms with van der Waals surface area (Å²) < 4.78 is 48.5. The zero-order valence-electron chi connectivity index (χ0n) is 12.1. The molecule has 1 aromatic heterocycles. The predicted molar refractivity (Wildman–Crippen MR) is 75.9 cm³/mol. The zero-order chi connectivity index (χ0) is 16.5. The topological polar surface area (TPSA) is 48.4 Å². The number of halogens is 3. The summed E-state index contributed by atoms with van der Waals surface area (Å²) in [6, 6.07) is 8.97. The molecule has 4 nitrogen and oxygen atoms in total. The summed E-state index contributed by atoms with van der Waals surface area (Å²) in [4.78, 5) is 15.8. The number of hydrogen-bond acceptors (Lipinski definition) is 4. The molecular formula is C16H14F3NO3. The first-order valence-electron chi connectivity index (χ1n) is 7.14. The van der Waals surface area contributed by atoms with Crippen molar-refractivity contribution in [3.8, 4) is 5.75 Å². The van der Waals surface area contributed by atoms with Crippen LogP contribution in [0.1, 0.15) is 12.8 Å². The second-order valence-corrected chi connectivity index (χ2v) is 5.39. The maximum absolute atomic E-state index is 12.8. The van der Waals surface area contributed by atoms with Crippen molar-refractivity contribution in [2.24, 2.45) is 5.41 Å². The van der Waals surface area contributed by atoms with Crippen LogP contribution in [0.25, 0.3) is 10.9 Å². The van der Waals surface area contributed by atoms with Crippen molar-refractivity contribution < 1.29 is 27.4 Å². The number of para-hydroxylation sites is 1. The largest absolute Gasteiger partial charge is 0.489 e. The van der Waals surface area contributed by atoms with Crippen LogP contribution in [0.5, 0.6) is 5.75 Å². The summed E-state index contributed by atoms with van der Waals surface area (Å²) in [5, 5.41) is 0.787. The van der Waals surface area contributed by atoms with E-state index in [-0.39, 0.29) is 26.1 Å². The van der Waals surface area contributed by atoms with Crippen LogP contribution in [0.3, 0.4) is 0 Å². The fourth-order valence-corrected chi connectivity index (χ4v) is 2.35. The van der Waals surface area contributed by atoms with E-state index in [2.05, 4.69) is 4.98 Å². The first-order valence-corrected chi connectivity index (χ1v) is 7.14. The lowest BCUT2D eigenvalue weighted by atomic mass is 10.1. The summed E-state index contributed by atoms with van der Waals surface area (Å²) in [5.74, 6) is -0.670. The number of pyridine rings is 1. The first kappa shape index (κ1) is 15.6. The number of nitrogens with zero attached hydrogens (tertiary/aromatic N) is 1. The zero-order valence-corrected chi connectivity index (χ0v) is 12.1. The highest BCUT2D eigenvalue weighted by Gasteiger charge is 2.69. The van der Waals surface area contributed by atoms with Crippen LogP contribution in [-0.2, 0) is 9.53 Å². The predicted octanol–water partition coefficient (Wildman–Crippen LogP) is 3.50. The van der Waals surface area contributed by atoms with Gasteiger partial charge < -0.3 is 9.47 Å². The number of carbonyl (C=O) groups excluding carboxylic acids is 1. The van der Waals surface area contributed by atoms with E-state index >= 15 is 0 Å². The molecule has 0 radical (unpaired) electrons. The van der Waals surface area contributed by atoms with Crippen LogP contribution in [0.2, 0.25) is 0 Å². The van der Waals surface area contributed by atoms with Gasteiger partial charge in [0.1, 0.15) is 19.0 Å². The van der Waals surface area contributed by atoms with Crippen LogP contribution in [0.4, 0.5) is 13.2 Å². The fourth-order valence-electron chi connectivity index (χ4n) is 2.35. The molecule has 1 fully saturated rings. The standard InChI is InChI=1S/C16H14F3NO3/c17-16(18,19)15(6-7-15)14(21)23-10-9-22-13-5-8-20-12-4-2-1-3-11(12)13/h1-5,8H,6-7,9-10H2. The Morgan fingerprint density at radius 1 is 1.17 bits per heavy atom. The lowest BCUT2D eigenvalue weighted by Crippen LogP contribution is -2.34. The number of esters is 1. The van der Waals surface area contributed by atoms with Gasteiger partial charge in [0.25, 0.3) is 0 Å². The maximum atomic E-state index is 12.8. The van der Waals surface area contributed by atoms with Gasteiger partial charge in [0.05, 0.1) is 5.52 Å². The molecule has 0 spiro atoms. The first-order chi connectivity index (χ1) is 10.9. The molecule has 0 unspecified atom stereocenters. The normalized spacial score (nSPS) is 16.1. The van der Waals surface area contributed by atoms with E-state index in [0.29, 0.717) is 5.75 Å². The van der Waals surface area contributed by atoms with Crippen molar-refractivity contribution in [1.82, 2.24) is 4.98 Å². The number of fused-ring (bicyclic) bond motifs is 1. The number of aromatic nitrogens is 1. The van der Waals surface area contributed by atoms with Gasteiger partial charge in [-0.05, 0) is 31.0 Å². The van der Waals surface area contributed by atoms with Crippen molar-refractivity contribution in [2.75, 3.05) is 13.2 Å². The number of ether oxygens (including phenoxy) is 2. The lowest BCUT2D eigenvalue weighted by Gasteiger charge is -2.17. The van der Waals surface area contributed by atoms with Crippen molar-refractivity contribution in [3.05, 3.63) is 36.5 Å². The van der Waals surface area contributed by atoms with Gasteiger partial charge in [0.2, 0.25) is 0 Å². The van der Waals surface area contributed by atoms with Crippen LogP contribution in [0, 0.1) is 5.41 Å². The van der Waals surface area contributed by atoms with Gasteiger partial charge in [-0.3, -0.25) is 9.78 Å². The number of alkyl halides is 3. The molecule has 1 aliphatic rings.